The van der Waals surface area contributed by atoms with Gasteiger partial charge in [-0.15, -0.1) is 5.10 Å². The molecular weight excluding hydrogens is 282 g/mol. The minimum absolute atomic E-state index is 0.188. The van der Waals surface area contributed by atoms with Crippen molar-refractivity contribution < 1.29 is 4.79 Å². The van der Waals surface area contributed by atoms with Gasteiger partial charge in [-0.25, -0.2) is 0 Å². The highest BCUT2D eigenvalue weighted by molar-refractivity contribution is 7.09. The van der Waals surface area contributed by atoms with E-state index in [1.807, 2.05) is 26.0 Å². The lowest BCUT2D eigenvalue weighted by molar-refractivity contribution is 0.0944. The average Bonchev–Trinajstić information content (AvgIpc) is 2.86. The fourth-order valence-electron chi connectivity index (χ4n) is 1.51. The van der Waals surface area contributed by atoms with Crippen molar-refractivity contribution in [1.82, 2.24) is 14.9 Å². The molecule has 0 unspecified atom stereocenters. The summed E-state index contributed by atoms with van der Waals surface area (Å²) in [6, 6.07) is 7.28. The number of nitrogens with one attached hydrogen (secondary N) is 1. The third kappa shape index (κ3) is 3.52. The van der Waals surface area contributed by atoms with Crippen LogP contribution in [-0.4, -0.2) is 22.0 Å². The van der Waals surface area contributed by atoms with Gasteiger partial charge in [0.2, 0.25) is 0 Å². The number of rotatable bonds is 4. The summed E-state index contributed by atoms with van der Waals surface area (Å²) in [6.07, 6.45) is 0. The van der Waals surface area contributed by atoms with E-state index in [2.05, 4.69) is 14.9 Å². The molecule has 4 nitrogen and oxygen atoms in total. The molecule has 0 fully saturated rings. The number of hydrogen-bond donors (Lipinski definition) is 1. The molecule has 0 aliphatic rings. The zero-order valence-electron chi connectivity index (χ0n) is 10.7. The van der Waals surface area contributed by atoms with Gasteiger partial charge in [-0.3, -0.25) is 4.79 Å². The van der Waals surface area contributed by atoms with E-state index >= 15 is 0 Å². The molecule has 6 heteroatoms. The number of benzene rings is 1. The topological polar surface area (TPSA) is 54.9 Å². The van der Waals surface area contributed by atoms with Crippen LogP contribution in [0.5, 0.6) is 0 Å². The van der Waals surface area contributed by atoms with Crippen LogP contribution < -0.4 is 5.32 Å². The zero-order valence-corrected chi connectivity index (χ0v) is 12.3. The van der Waals surface area contributed by atoms with Crippen molar-refractivity contribution in [3.8, 4) is 10.4 Å². The number of carbonyl (C=O) groups is 1. The van der Waals surface area contributed by atoms with E-state index in [0.717, 1.165) is 10.4 Å². The van der Waals surface area contributed by atoms with Crippen molar-refractivity contribution in [3.63, 3.8) is 0 Å². The van der Waals surface area contributed by atoms with Crippen LogP contribution in [-0.2, 0) is 0 Å². The molecule has 1 amide bonds. The lowest BCUT2D eigenvalue weighted by Gasteiger charge is -2.06. The van der Waals surface area contributed by atoms with E-state index in [9.17, 15) is 4.79 Å². The molecule has 1 N–H and O–H groups in total. The quantitative estimate of drug-likeness (QED) is 0.942. The first-order chi connectivity index (χ1) is 9.08. The summed E-state index contributed by atoms with van der Waals surface area (Å²) >= 11 is 7.06. The Balaban J connectivity index is 2.22. The monoisotopic (exact) mass is 295 g/mol. The Morgan fingerprint density at radius 2 is 2.05 bits per heavy atom. The second kappa shape index (κ2) is 6.12. The maximum Gasteiger partial charge on any atom is 0.273 e. The summed E-state index contributed by atoms with van der Waals surface area (Å²) in [5.41, 5.74) is 1.27. The minimum atomic E-state index is -0.188. The molecule has 0 saturated heterocycles. The molecule has 100 valence electrons. The smallest absolute Gasteiger partial charge is 0.273 e. The Bertz CT molecular complexity index is 566. The van der Waals surface area contributed by atoms with Gasteiger partial charge < -0.3 is 5.32 Å². The van der Waals surface area contributed by atoms with Crippen LogP contribution in [0.2, 0.25) is 5.02 Å². The fraction of sp³-hybridized carbons (Fsp3) is 0.308. The number of aromatic nitrogens is 2. The molecule has 0 aliphatic carbocycles. The van der Waals surface area contributed by atoms with E-state index in [1.165, 1.54) is 11.5 Å². The van der Waals surface area contributed by atoms with Crippen molar-refractivity contribution in [2.75, 3.05) is 6.54 Å². The Morgan fingerprint density at radius 1 is 1.37 bits per heavy atom. The summed E-state index contributed by atoms with van der Waals surface area (Å²) < 4.78 is 3.87. The number of nitrogens with zero attached hydrogens (tertiary/aromatic N) is 2. The van der Waals surface area contributed by atoms with E-state index in [4.69, 9.17) is 11.6 Å². The summed E-state index contributed by atoms with van der Waals surface area (Å²) in [6.45, 7) is 4.70. The molecule has 1 aromatic heterocycles. The van der Waals surface area contributed by atoms with Crippen molar-refractivity contribution in [2.24, 2.45) is 5.92 Å². The van der Waals surface area contributed by atoms with Crippen molar-refractivity contribution >= 4 is 29.0 Å². The van der Waals surface area contributed by atoms with Crippen LogP contribution in [0.4, 0.5) is 0 Å². The van der Waals surface area contributed by atoms with Crippen LogP contribution in [0.3, 0.4) is 0 Å². The highest BCUT2D eigenvalue weighted by Crippen LogP contribution is 2.27. The van der Waals surface area contributed by atoms with Crippen LogP contribution in [0.1, 0.15) is 24.3 Å². The lowest BCUT2D eigenvalue weighted by atomic mass is 10.1. The van der Waals surface area contributed by atoms with E-state index in [0.29, 0.717) is 23.2 Å². The number of amides is 1. The van der Waals surface area contributed by atoms with Gasteiger partial charge in [0.15, 0.2) is 5.69 Å². The predicted molar refractivity (Wildman–Crippen MR) is 77.5 cm³/mol. The molecule has 0 atom stereocenters. The van der Waals surface area contributed by atoms with Crippen LogP contribution in [0, 0.1) is 5.92 Å². The predicted octanol–water partition coefficient (Wildman–Crippen LogP) is 3.24. The molecular formula is C13H14ClN3OS. The first-order valence-corrected chi connectivity index (χ1v) is 7.09. The molecule has 0 saturated carbocycles. The molecule has 0 bridgehead atoms. The number of halogens is 1. The fourth-order valence-corrected chi connectivity index (χ4v) is 2.30. The van der Waals surface area contributed by atoms with Crippen LogP contribution in [0.25, 0.3) is 10.4 Å². The number of carbonyl (C=O) groups excluding carboxylic acids is 1. The molecule has 0 aliphatic heterocycles. The highest BCUT2D eigenvalue weighted by atomic mass is 35.5. The highest BCUT2D eigenvalue weighted by Gasteiger charge is 2.17. The Hall–Kier alpha value is -1.46. The SMILES string of the molecule is CC(C)CNC(=O)c1nnsc1-c1ccc(Cl)cc1. The number of hydrogen-bond acceptors (Lipinski definition) is 4. The van der Waals surface area contributed by atoms with Crippen molar-refractivity contribution in [2.45, 2.75) is 13.8 Å². The summed E-state index contributed by atoms with van der Waals surface area (Å²) in [5.74, 6) is 0.210. The van der Waals surface area contributed by atoms with Crippen molar-refractivity contribution in [1.29, 1.82) is 0 Å². The second-order valence-corrected chi connectivity index (χ2v) is 5.75. The summed E-state index contributed by atoms with van der Waals surface area (Å²) in [5, 5.41) is 7.42. The third-order valence-corrected chi connectivity index (χ3v) is 3.51. The van der Waals surface area contributed by atoms with Gasteiger partial charge in [0, 0.05) is 11.6 Å². The average molecular weight is 296 g/mol. The molecule has 1 heterocycles. The lowest BCUT2D eigenvalue weighted by Crippen LogP contribution is -2.28. The second-order valence-electron chi connectivity index (χ2n) is 4.56. The molecule has 19 heavy (non-hydrogen) atoms. The summed E-state index contributed by atoms with van der Waals surface area (Å²) in [7, 11) is 0. The molecule has 0 radical (unpaired) electrons. The molecule has 0 spiro atoms. The Morgan fingerprint density at radius 3 is 2.68 bits per heavy atom. The maximum absolute atomic E-state index is 12.0. The minimum Gasteiger partial charge on any atom is -0.350 e. The van der Waals surface area contributed by atoms with Gasteiger partial charge >= 0.3 is 0 Å². The van der Waals surface area contributed by atoms with Crippen LogP contribution >= 0.6 is 23.1 Å². The third-order valence-electron chi connectivity index (χ3n) is 2.48. The molecule has 2 aromatic rings. The van der Waals surface area contributed by atoms with Gasteiger partial charge in [0.05, 0.1) is 4.88 Å². The molecule has 1 aromatic carbocycles. The standard InChI is InChI=1S/C13H14ClN3OS/c1-8(2)7-15-13(18)11-12(19-17-16-11)9-3-5-10(14)6-4-9/h3-6,8H,7H2,1-2H3,(H,15,18). The van der Waals surface area contributed by atoms with Gasteiger partial charge in [0.1, 0.15) is 0 Å². The van der Waals surface area contributed by atoms with Crippen molar-refractivity contribution in [3.05, 3.63) is 35.0 Å². The van der Waals surface area contributed by atoms with Gasteiger partial charge in [-0.05, 0) is 35.1 Å². The Labute approximate surface area is 121 Å². The van der Waals surface area contributed by atoms with Gasteiger partial charge in [0.25, 0.3) is 5.91 Å². The van der Waals surface area contributed by atoms with E-state index < -0.39 is 0 Å². The van der Waals surface area contributed by atoms with Crippen LogP contribution in [0.15, 0.2) is 24.3 Å². The summed E-state index contributed by atoms with van der Waals surface area (Å²) in [4.78, 5) is 12.8. The normalized spacial score (nSPS) is 10.7. The first-order valence-electron chi connectivity index (χ1n) is 5.94. The van der Waals surface area contributed by atoms with E-state index in [-0.39, 0.29) is 5.91 Å². The van der Waals surface area contributed by atoms with Gasteiger partial charge in [-0.2, -0.15) is 0 Å². The zero-order chi connectivity index (χ0) is 13.8. The van der Waals surface area contributed by atoms with Gasteiger partial charge in [-0.1, -0.05) is 42.1 Å². The first kappa shape index (κ1) is 14.0. The van der Waals surface area contributed by atoms with E-state index in [1.54, 1.807) is 12.1 Å². The Kier molecular flexibility index (Phi) is 4.50. The molecule has 2 rings (SSSR count). The largest absolute Gasteiger partial charge is 0.350 e. The maximum atomic E-state index is 12.0.